The Balaban J connectivity index is 4.15. The summed E-state index contributed by atoms with van der Waals surface area (Å²) in [5, 5.41) is 2.61. The molecule has 0 aromatic heterocycles. The molecule has 0 unspecified atom stereocenters. The highest BCUT2D eigenvalue weighted by atomic mass is 16.6. The number of hydrogen-bond donors (Lipinski definition) is 1. The largest absolute Gasteiger partial charge is 0.444 e. The van der Waals surface area contributed by atoms with Crippen molar-refractivity contribution < 1.29 is 14.3 Å². The molecule has 0 aliphatic heterocycles. The van der Waals surface area contributed by atoms with E-state index in [-0.39, 0.29) is 5.78 Å². The summed E-state index contributed by atoms with van der Waals surface area (Å²) in [5.41, 5.74) is -1.05. The minimum atomic E-state index is -0.536. The van der Waals surface area contributed by atoms with Crippen molar-refractivity contribution in [2.24, 2.45) is 5.41 Å². The van der Waals surface area contributed by atoms with E-state index in [4.69, 9.17) is 4.74 Å². The number of ether oxygens (including phenoxy) is 1. The van der Waals surface area contributed by atoms with E-state index in [2.05, 4.69) is 5.32 Å². The summed E-state index contributed by atoms with van der Waals surface area (Å²) in [6, 6.07) is 0. The van der Waals surface area contributed by atoms with E-state index in [0.29, 0.717) is 13.0 Å². The third-order valence-corrected chi connectivity index (χ3v) is 2.15. The van der Waals surface area contributed by atoms with E-state index >= 15 is 0 Å². The van der Waals surface area contributed by atoms with E-state index in [1.54, 1.807) is 20.8 Å². The molecule has 4 nitrogen and oxygen atoms in total. The molecule has 0 radical (unpaired) electrons. The Morgan fingerprint density at radius 3 is 2.00 bits per heavy atom. The minimum absolute atomic E-state index is 0.128. The molecule has 4 heteroatoms. The summed E-state index contributed by atoms with van der Waals surface area (Å²) < 4.78 is 5.09. The topological polar surface area (TPSA) is 55.4 Å². The molecule has 94 valence electrons. The van der Waals surface area contributed by atoms with Crippen LogP contribution in [0.1, 0.15) is 48.0 Å². The fourth-order valence-electron chi connectivity index (χ4n) is 1.18. The fraction of sp³-hybridized carbons (Fsp3) is 0.833. The summed E-state index contributed by atoms with van der Waals surface area (Å²) in [6.45, 7) is 11.2. The lowest BCUT2D eigenvalue weighted by Gasteiger charge is -2.25. The second-order valence-electron chi connectivity index (χ2n) is 5.52. The summed E-state index contributed by atoms with van der Waals surface area (Å²) >= 11 is 0. The van der Waals surface area contributed by atoms with Gasteiger partial charge in [0.15, 0.2) is 0 Å². The van der Waals surface area contributed by atoms with Gasteiger partial charge >= 0.3 is 6.09 Å². The normalized spacial score (nSPS) is 12.1. The van der Waals surface area contributed by atoms with Gasteiger partial charge in [-0.15, -0.1) is 0 Å². The summed E-state index contributed by atoms with van der Waals surface area (Å²) in [6.07, 6.45) is -0.00677. The third kappa shape index (κ3) is 5.73. The Hall–Kier alpha value is -1.06. The molecule has 0 saturated heterocycles. The standard InChI is InChI=1S/C12H23NO3/c1-7-9(14)12(5,6)8-13-10(15)16-11(2,3)4/h7-8H2,1-6H3,(H,13,15). The van der Waals surface area contributed by atoms with Crippen LogP contribution >= 0.6 is 0 Å². The minimum Gasteiger partial charge on any atom is -0.444 e. The Morgan fingerprint density at radius 1 is 1.12 bits per heavy atom. The van der Waals surface area contributed by atoms with Crippen molar-refractivity contribution in [2.75, 3.05) is 6.54 Å². The third-order valence-electron chi connectivity index (χ3n) is 2.15. The van der Waals surface area contributed by atoms with Gasteiger partial charge in [-0.2, -0.15) is 0 Å². The van der Waals surface area contributed by atoms with Crippen molar-refractivity contribution in [1.29, 1.82) is 0 Å². The van der Waals surface area contributed by atoms with Crippen LogP contribution in [-0.4, -0.2) is 24.0 Å². The van der Waals surface area contributed by atoms with E-state index < -0.39 is 17.1 Å². The van der Waals surface area contributed by atoms with Gasteiger partial charge in [0, 0.05) is 18.4 Å². The molecule has 0 heterocycles. The van der Waals surface area contributed by atoms with Crippen molar-refractivity contribution in [3.63, 3.8) is 0 Å². The number of ketones is 1. The van der Waals surface area contributed by atoms with Crippen LogP contribution in [0.3, 0.4) is 0 Å². The van der Waals surface area contributed by atoms with Gasteiger partial charge in [-0.1, -0.05) is 20.8 Å². The molecule has 0 aliphatic rings. The first kappa shape index (κ1) is 14.9. The maximum atomic E-state index is 11.5. The Labute approximate surface area is 97.7 Å². The highest BCUT2D eigenvalue weighted by Crippen LogP contribution is 2.17. The van der Waals surface area contributed by atoms with Gasteiger partial charge in [0.05, 0.1) is 0 Å². The van der Waals surface area contributed by atoms with Crippen LogP contribution in [0.2, 0.25) is 0 Å². The number of nitrogens with one attached hydrogen (secondary N) is 1. The molecule has 0 rings (SSSR count). The van der Waals surface area contributed by atoms with Gasteiger partial charge in [0.2, 0.25) is 0 Å². The van der Waals surface area contributed by atoms with Crippen LogP contribution in [0, 0.1) is 5.41 Å². The molecule has 1 N–H and O–H groups in total. The molecule has 0 saturated carbocycles. The highest BCUT2D eigenvalue weighted by molar-refractivity contribution is 5.84. The highest BCUT2D eigenvalue weighted by Gasteiger charge is 2.27. The first-order valence-corrected chi connectivity index (χ1v) is 5.58. The molecule has 0 spiro atoms. The summed E-state index contributed by atoms with van der Waals surface area (Å²) in [7, 11) is 0. The molecular weight excluding hydrogens is 206 g/mol. The predicted molar refractivity (Wildman–Crippen MR) is 63.3 cm³/mol. The second kappa shape index (κ2) is 5.32. The van der Waals surface area contributed by atoms with E-state index in [9.17, 15) is 9.59 Å². The van der Waals surface area contributed by atoms with Crippen molar-refractivity contribution >= 4 is 11.9 Å². The molecule has 0 aromatic carbocycles. The summed E-state index contributed by atoms with van der Waals surface area (Å²) in [5.74, 6) is 0.128. The molecule has 1 amide bonds. The molecule has 0 fully saturated rings. The second-order valence-corrected chi connectivity index (χ2v) is 5.52. The molecule has 0 aliphatic carbocycles. The zero-order chi connectivity index (χ0) is 13.0. The molecule has 16 heavy (non-hydrogen) atoms. The van der Waals surface area contributed by atoms with E-state index in [0.717, 1.165) is 0 Å². The van der Waals surface area contributed by atoms with Crippen molar-refractivity contribution in [1.82, 2.24) is 5.32 Å². The number of carbonyl (C=O) groups excluding carboxylic acids is 2. The average molecular weight is 229 g/mol. The number of amides is 1. The smallest absolute Gasteiger partial charge is 0.407 e. The van der Waals surface area contributed by atoms with Crippen LogP contribution in [0.5, 0.6) is 0 Å². The lowest BCUT2D eigenvalue weighted by Crippen LogP contribution is -2.41. The van der Waals surface area contributed by atoms with Crippen LogP contribution in [0.4, 0.5) is 4.79 Å². The Bertz CT molecular complexity index is 264. The van der Waals surface area contributed by atoms with E-state index in [1.807, 2.05) is 20.8 Å². The van der Waals surface area contributed by atoms with Crippen molar-refractivity contribution in [3.8, 4) is 0 Å². The van der Waals surface area contributed by atoms with Crippen molar-refractivity contribution in [2.45, 2.75) is 53.6 Å². The zero-order valence-corrected chi connectivity index (χ0v) is 11.1. The Morgan fingerprint density at radius 2 is 1.62 bits per heavy atom. The quantitative estimate of drug-likeness (QED) is 0.806. The fourth-order valence-corrected chi connectivity index (χ4v) is 1.18. The number of carbonyl (C=O) groups is 2. The molecule has 0 atom stereocenters. The van der Waals surface area contributed by atoms with Gasteiger partial charge in [0.1, 0.15) is 11.4 Å². The number of alkyl carbamates (subject to hydrolysis) is 1. The predicted octanol–water partition coefficient (Wildman–Crippen LogP) is 2.52. The van der Waals surface area contributed by atoms with Crippen LogP contribution < -0.4 is 5.32 Å². The van der Waals surface area contributed by atoms with Gasteiger partial charge < -0.3 is 10.1 Å². The van der Waals surface area contributed by atoms with Gasteiger partial charge in [0.25, 0.3) is 0 Å². The maximum absolute atomic E-state index is 11.5. The Kier molecular flexibility index (Phi) is 4.97. The maximum Gasteiger partial charge on any atom is 0.407 e. The van der Waals surface area contributed by atoms with Crippen LogP contribution in [-0.2, 0) is 9.53 Å². The SMILES string of the molecule is CCC(=O)C(C)(C)CNC(=O)OC(C)(C)C. The monoisotopic (exact) mass is 229 g/mol. The zero-order valence-electron chi connectivity index (χ0n) is 11.1. The van der Waals surface area contributed by atoms with Crippen LogP contribution in [0.25, 0.3) is 0 Å². The van der Waals surface area contributed by atoms with Crippen molar-refractivity contribution in [3.05, 3.63) is 0 Å². The first-order valence-electron chi connectivity index (χ1n) is 5.58. The number of Topliss-reactive ketones (excluding diaryl/α,β-unsaturated/α-hetero) is 1. The molecular formula is C12H23NO3. The lowest BCUT2D eigenvalue weighted by atomic mass is 9.87. The molecule has 0 aromatic rings. The molecule has 0 bridgehead atoms. The number of hydrogen-bond acceptors (Lipinski definition) is 3. The van der Waals surface area contributed by atoms with Gasteiger partial charge in [-0.3, -0.25) is 4.79 Å². The summed E-state index contributed by atoms with van der Waals surface area (Å²) in [4.78, 5) is 22.9. The van der Waals surface area contributed by atoms with Crippen LogP contribution in [0.15, 0.2) is 0 Å². The first-order chi connectivity index (χ1) is 7.08. The van der Waals surface area contributed by atoms with Gasteiger partial charge in [-0.25, -0.2) is 4.79 Å². The van der Waals surface area contributed by atoms with E-state index in [1.165, 1.54) is 0 Å². The number of rotatable bonds is 4. The average Bonchev–Trinajstić information content (AvgIpc) is 2.11. The lowest BCUT2D eigenvalue weighted by molar-refractivity contribution is -0.126. The van der Waals surface area contributed by atoms with Gasteiger partial charge in [-0.05, 0) is 20.8 Å².